The zero-order valence-corrected chi connectivity index (χ0v) is 15.5. The van der Waals surface area contributed by atoms with E-state index in [9.17, 15) is 0 Å². The molecule has 0 spiro atoms. The molecule has 0 bridgehead atoms. The smallest absolute Gasteiger partial charge is 0.161 e. The molecule has 1 aromatic heterocycles. The van der Waals surface area contributed by atoms with E-state index in [-0.39, 0.29) is 0 Å². The van der Waals surface area contributed by atoms with Gasteiger partial charge in [-0.1, -0.05) is 11.2 Å². The summed E-state index contributed by atoms with van der Waals surface area (Å²) >= 11 is 0. The Morgan fingerprint density at radius 3 is 2.84 bits per heavy atom. The lowest BCUT2D eigenvalue weighted by Crippen LogP contribution is -2.48. The Hall–Kier alpha value is -2.05. The molecular formula is C19H27N3O3. The molecule has 6 heteroatoms. The van der Waals surface area contributed by atoms with Crippen molar-refractivity contribution in [3.8, 4) is 11.5 Å². The summed E-state index contributed by atoms with van der Waals surface area (Å²) in [5.74, 6) is 2.29. The largest absolute Gasteiger partial charge is 0.493 e. The molecule has 1 atom stereocenters. The van der Waals surface area contributed by atoms with Crippen LogP contribution < -0.4 is 14.8 Å². The molecule has 1 fully saturated rings. The highest BCUT2D eigenvalue weighted by Crippen LogP contribution is 2.30. The first kappa shape index (κ1) is 17.8. The van der Waals surface area contributed by atoms with Crippen molar-refractivity contribution in [1.82, 2.24) is 15.4 Å². The number of ether oxygens (including phenoxy) is 2. The zero-order valence-electron chi connectivity index (χ0n) is 15.5. The monoisotopic (exact) mass is 345 g/mol. The van der Waals surface area contributed by atoms with Gasteiger partial charge in [-0.05, 0) is 38.5 Å². The molecule has 2 aromatic rings. The topological polar surface area (TPSA) is 59.8 Å². The Morgan fingerprint density at radius 2 is 2.16 bits per heavy atom. The number of piperazine rings is 1. The lowest BCUT2D eigenvalue weighted by Gasteiger charge is -2.31. The van der Waals surface area contributed by atoms with Crippen molar-refractivity contribution >= 4 is 0 Å². The van der Waals surface area contributed by atoms with Gasteiger partial charge in [-0.3, -0.25) is 4.90 Å². The highest BCUT2D eigenvalue weighted by molar-refractivity contribution is 5.43. The fourth-order valence-corrected chi connectivity index (χ4v) is 3.20. The van der Waals surface area contributed by atoms with E-state index in [0.29, 0.717) is 12.6 Å². The summed E-state index contributed by atoms with van der Waals surface area (Å²) in [5.41, 5.74) is 3.08. The van der Waals surface area contributed by atoms with Crippen molar-refractivity contribution in [3.63, 3.8) is 0 Å². The molecule has 0 aliphatic carbocycles. The minimum absolute atomic E-state index is 0.423. The van der Waals surface area contributed by atoms with Crippen LogP contribution in [0.15, 0.2) is 22.7 Å². The third-order valence-electron chi connectivity index (χ3n) is 4.64. The fourth-order valence-electron chi connectivity index (χ4n) is 3.20. The SMILES string of the molecule is COc1cc(CN2CCN[C@@H](C)C2)ccc1OCc1c(C)noc1C. The molecule has 3 rings (SSSR count). The van der Waals surface area contributed by atoms with Crippen molar-refractivity contribution < 1.29 is 14.0 Å². The summed E-state index contributed by atoms with van der Waals surface area (Å²) in [5, 5.41) is 7.43. The molecule has 0 unspecified atom stereocenters. The van der Waals surface area contributed by atoms with E-state index < -0.39 is 0 Å². The average molecular weight is 345 g/mol. The highest BCUT2D eigenvalue weighted by atomic mass is 16.5. The molecule has 1 N–H and O–H groups in total. The second kappa shape index (κ2) is 7.89. The van der Waals surface area contributed by atoms with Crippen molar-refractivity contribution in [1.29, 1.82) is 0 Å². The molecule has 0 amide bonds. The Morgan fingerprint density at radius 1 is 1.32 bits per heavy atom. The average Bonchev–Trinajstić information content (AvgIpc) is 2.92. The molecule has 2 heterocycles. The maximum absolute atomic E-state index is 5.95. The van der Waals surface area contributed by atoms with Crippen LogP contribution in [0.5, 0.6) is 11.5 Å². The minimum Gasteiger partial charge on any atom is -0.493 e. The lowest BCUT2D eigenvalue weighted by atomic mass is 10.1. The van der Waals surface area contributed by atoms with Gasteiger partial charge < -0.3 is 19.3 Å². The standard InChI is InChI=1S/C19H27N3O3/c1-13-10-22(8-7-20-13)11-16-5-6-18(19(9-16)23-4)24-12-17-14(2)21-25-15(17)3/h5-6,9,13,20H,7-8,10-12H2,1-4H3/t13-/m0/s1. The van der Waals surface area contributed by atoms with Crippen LogP contribution >= 0.6 is 0 Å². The highest BCUT2D eigenvalue weighted by Gasteiger charge is 2.17. The first-order valence-electron chi connectivity index (χ1n) is 8.74. The van der Waals surface area contributed by atoms with Crippen molar-refractivity contribution in [2.45, 2.75) is 40.0 Å². The van der Waals surface area contributed by atoms with Gasteiger partial charge in [0.05, 0.1) is 18.4 Å². The Labute approximate surface area is 149 Å². The number of rotatable bonds is 6. The predicted molar refractivity (Wildman–Crippen MR) is 96.0 cm³/mol. The van der Waals surface area contributed by atoms with Crippen LogP contribution in [0, 0.1) is 13.8 Å². The first-order valence-corrected chi connectivity index (χ1v) is 8.74. The summed E-state index contributed by atoms with van der Waals surface area (Å²) in [6.45, 7) is 10.6. The van der Waals surface area contributed by atoms with Gasteiger partial charge >= 0.3 is 0 Å². The number of aryl methyl sites for hydroxylation is 2. The van der Waals surface area contributed by atoms with Gasteiger partial charge in [-0.2, -0.15) is 0 Å². The van der Waals surface area contributed by atoms with Crippen LogP contribution in [-0.4, -0.2) is 42.8 Å². The number of hydrogen-bond acceptors (Lipinski definition) is 6. The van der Waals surface area contributed by atoms with Crippen molar-refractivity contribution in [3.05, 3.63) is 40.8 Å². The number of nitrogens with one attached hydrogen (secondary N) is 1. The predicted octanol–water partition coefficient (Wildman–Crippen LogP) is 2.67. The number of hydrogen-bond donors (Lipinski definition) is 1. The van der Waals surface area contributed by atoms with E-state index in [1.54, 1.807) is 7.11 Å². The Bertz CT molecular complexity index is 694. The summed E-state index contributed by atoms with van der Waals surface area (Å²) in [6, 6.07) is 6.69. The molecule has 1 aromatic carbocycles. The van der Waals surface area contributed by atoms with E-state index in [1.807, 2.05) is 19.9 Å². The summed E-state index contributed by atoms with van der Waals surface area (Å²) in [6.07, 6.45) is 0. The van der Waals surface area contributed by atoms with Crippen LogP contribution in [-0.2, 0) is 13.2 Å². The van der Waals surface area contributed by atoms with Gasteiger partial charge in [0.2, 0.25) is 0 Å². The molecule has 136 valence electrons. The third-order valence-corrected chi connectivity index (χ3v) is 4.64. The molecule has 6 nitrogen and oxygen atoms in total. The third kappa shape index (κ3) is 4.32. The van der Waals surface area contributed by atoms with Crippen LogP contribution in [0.1, 0.15) is 29.5 Å². The molecule has 25 heavy (non-hydrogen) atoms. The quantitative estimate of drug-likeness (QED) is 0.869. The van der Waals surface area contributed by atoms with E-state index in [2.05, 4.69) is 34.4 Å². The maximum Gasteiger partial charge on any atom is 0.161 e. The molecule has 0 radical (unpaired) electrons. The van der Waals surface area contributed by atoms with Gasteiger partial charge in [0.25, 0.3) is 0 Å². The molecule has 1 aliphatic heterocycles. The fraction of sp³-hybridized carbons (Fsp3) is 0.526. The minimum atomic E-state index is 0.423. The van der Waals surface area contributed by atoms with E-state index in [4.69, 9.17) is 14.0 Å². The van der Waals surface area contributed by atoms with Crippen molar-refractivity contribution in [2.75, 3.05) is 26.7 Å². The molecular weight excluding hydrogens is 318 g/mol. The van der Waals surface area contributed by atoms with Gasteiger partial charge in [0.15, 0.2) is 11.5 Å². The molecule has 1 saturated heterocycles. The van der Waals surface area contributed by atoms with Crippen LogP contribution in [0.3, 0.4) is 0 Å². The van der Waals surface area contributed by atoms with Crippen molar-refractivity contribution in [2.24, 2.45) is 0 Å². The number of aromatic nitrogens is 1. The normalized spacial score (nSPS) is 18.3. The number of benzene rings is 1. The lowest BCUT2D eigenvalue weighted by molar-refractivity contribution is 0.199. The summed E-state index contributed by atoms with van der Waals surface area (Å²) in [7, 11) is 1.68. The van der Waals surface area contributed by atoms with Gasteiger partial charge in [-0.15, -0.1) is 0 Å². The Kier molecular flexibility index (Phi) is 5.60. The van der Waals surface area contributed by atoms with E-state index in [0.717, 1.165) is 54.7 Å². The second-order valence-corrected chi connectivity index (χ2v) is 6.67. The second-order valence-electron chi connectivity index (χ2n) is 6.67. The molecule has 0 saturated carbocycles. The van der Waals surface area contributed by atoms with Crippen LogP contribution in [0.2, 0.25) is 0 Å². The first-order chi connectivity index (χ1) is 12.1. The zero-order chi connectivity index (χ0) is 17.8. The van der Waals surface area contributed by atoms with Gasteiger partial charge in [-0.25, -0.2) is 0 Å². The number of methoxy groups -OCH3 is 1. The maximum atomic E-state index is 5.95. The van der Waals surface area contributed by atoms with Crippen LogP contribution in [0.25, 0.3) is 0 Å². The van der Waals surface area contributed by atoms with Gasteiger partial charge in [0, 0.05) is 32.2 Å². The summed E-state index contributed by atoms with van der Waals surface area (Å²) < 4.78 is 16.7. The van der Waals surface area contributed by atoms with Crippen LogP contribution in [0.4, 0.5) is 0 Å². The molecule has 1 aliphatic rings. The van der Waals surface area contributed by atoms with Gasteiger partial charge in [0.1, 0.15) is 12.4 Å². The van der Waals surface area contributed by atoms with E-state index >= 15 is 0 Å². The summed E-state index contributed by atoms with van der Waals surface area (Å²) in [4.78, 5) is 2.46. The van der Waals surface area contributed by atoms with E-state index in [1.165, 1.54) is 5.56 Å². The number of nitrogens with zero attached hydrogens (tertiary/aromatic N) is 2. The Balaban J connectivity index is 1.67.